The lowest BCUT2D eigenvalue weighted by molar-refractivity contribution is -0.125. The standard InChI is InChI=1S/C9H18N2O/c1-3-11-9(12)8-4-7(2)5-10-6-8/h7-8,10H,3-6H2,1-2H3,(H,11,12)/t7-,8+/m0/s1. The van der Waals surface area contributed by atoms with Crippen LogP contribution in [0.4, 0.5) is 0 Å². The molecule has 1 heterocycles. The number of amides is 1. The second-order valence-electron chi connectivity index (χ2n) is 3.59. The molecule has 1 aliphatic heterocycles. The van der Waals surface area contributed by atoms with Crippen LogP contribution in [-0.2, 0) is 4.79 Å². The third kappa shape index (κ3) is 2.48. The highest BCUT2D eigenvalue weighted by molar-refractivity contribution is 5.78. The topological polar surface area (TPSA) is 41.1 Å². The van der Waals surface area contributed by atoms with Crippen LogP contribution in [0, 0.1) is 11.8 Å². The van der Waals surface area contributed by atoms with E-state index in [-0.39, 0.29) is 11.8 Å². The van der Waals surface area contributed by atoms with E-state index < -0.39 is 0 Å². The van der Waals surface area contributed by atoms with Gasteiger partial charge in [0.25, 0.3) is 0 Å². The molecule has 0 unspecified atom stereocenters. The molecule has 70 valence electrons. The van der Waals surface area contributed by atoms with E-state index in [1.165, 1.54) is 0 Å². The summed E-state index contributed by atoms with van der Waals surface area (Å²) in [7, 11) is 0. The highest BCUT2D eigenvalue weighted by atomic mass is 16.1. The molecule has 2 atom stereocenters. The average Bonchev–Trinajstić information content (AvgIpc) is 2.05. The second-order valence-corrected chi connectivity index (χ2v) is 3.59. The summed E-state index contributed by atoms with van der Waals surface area (Å²) < 4.78 is 0. The normalized spacial score (nSPS) is 29.8. The van der Waals surface area contributed by atoms with Crippen LogP contribution in [0.25, 0.3) is 0 Å². The molecule has 0 radical (unpaired) electrons. The van der Waals surface area contributed by atoms with E-state index in [0.29, 0.717) is 5.92 Å². The zero-order valence-corrected chi connectivity index (χ0v) is 7.89. The summed E-state index contributed by atoms with van der Waals surface area (Å²) in [5.74, 6) is 1.02. The third-order valence-corrected chi connectivity index (χ3v) is 2.29. The molecule has 0 saturated carbocycles. The van der Waals surface area contributed by atoms with Crippen molar-refractivity contribution >= 4 is 5.91 Å². The van der Waals surface area contributed by atoms with Crippen LogP contribution in [0.1, 0.15) is 20.3 Å². The summed E-state index contributed by atoms with van der Waals surface area (Å²) in [6.07, 6.45) is 1.03. The molecule has 12 heavy (non-hydrogen) atoms. The lowest BCUT2D eigenvalue weighted by atomic mass is 9.91. The molecular weight excluding hydrogens is 152 g/mol. The molecular formula is C9H18N2O. The van der Waals surface area contributed by atoms with Crippen LogP contribution in [0.2, 0.25) is 0 Å². The first kappa shape index (κ1) is 9.52. The van der Waals surface area contributed by atoms with Crippen molar-refractivity contribution in [3.8, 4) is 0 Å². The van der Waals surface area contributed by atoms with Gasteiger partial charge >= 0.3 is 0 Å². The van der Waals surface area contributed by atoms with Crippen molar-refractivity contribution in [3.05, 3.63) is 0 Å². The minimum atomic E-state index is 0.189. The van der Waals surface area contributed by atoms with E-state index in [4.69, 9.17) is 0 Å². The largest absolute Gasteiger partial charge is 0.356 e. The summed E-state index contributed by atoms with van der Waals surface area (Å²) in [5.41, 5.74) is 0. The summed E-state index contributed by atoms with van der Waals surface area (Å²) >= 11 is 0. The van der Waals surface area contributed by atoms with Gasteiger partial charge in [-0.15, -0.1) is 0 Å². The predicted octanol–water partition coefficient (Wildman–Crippen LogP) is 0.368. The van der Waals surface area contributed by atoms with Crippen LogP contribution in [0.5, 0.6) is 0 Å². The lowest BCUT2D eigenvalue weighted by Crippen LogP contribution is -2.43. The number of carbonyl (C=O) groups is 1. The number of nitrogens with one attached hydrogen (secondary N) is 2. The van der Waals surface area contributed by atoms with Crippen molar-refractivity contribution < 1.29 is 4.79 Å². The maximum Gasteiger partial charge on any atom is 0.224 e. The Morgan fingerprint density at radius 1 is 1.58 bits per heavy atom. The van der Waals surface area contributed by atoms with E-state index in [2.05, 4.69) is 17.6 Å². The molecule has 1 saturated heterocycles. The zero-order valence-electron chi connectivity index (χ0n) is 7.89. The van der Waals surface area contributed by atoms with E-state index in [1.807, 2.05) is 6.92 Å². The number of carbonyl (C=O) groups excluding carboxylic acids is 1. The Morgan fingerprint density at radius 2 is 2.33 bits per heavy atom. The Hall–Kier alpha value is -0.570. The van der Waals surface area contributed by atoms with Gasteiger partial charge in [0.05, 0.1) is 5.92 Å². The van der Waals surface area contributed by atoms with Gasteiger partial charge in [0.1, 0.15) is 0 Å². The number of piperidine rings is 1. The third-order valence-electron chi connectivity index (χ3n) is 2.29. The van der Waals surface area contributed by atoms with E-state index in [1.54, 1.807) is 0 Å². The van der Waals surface area contributed by atoms with Crippen LogP contribution in [-0.4, -0.2) is 25.5 Å². The van der Waals surface area contributed by atoms with Gasteiger partial charge in [0, 0.05) is 13.1 Å². The molecule has 1 amide bonds. The summed E-state index contributed by atoms with van der Waals surface area (Å²) in [6, 6.07) is 0. The highest BCUT2D eigenvalue weighted by Crippen LogP contribution is 2.15. The van der Waals surface area contributed by atoms with Crippen molar-refractivity contribution in [2.45, 2.75) is 20.3 Å². The summed E-state index contributed by atoms with van der Waals surface area (Å²) in [5, 5.41) is 6.12. The number of hydrogen-bond donors (Lipinski definition) is 2. The number of hydrogen-bond acceptors (Lipinski definition) is 2. The Balaban J connectivity index is 2.35. The fourth-order valence-corrected chi connectivity index (χ4v) is 1.67. The Labute approximate surface area is 73.9 Å². The average molecular weight is 170 g/mol. The lowest BCUT2D eigenvalue weighted by Gasteiger charge is -2.26. The first-order valence-corrected chi connectivity index (χ1v) is 4.72. The van der Waals surface area contributed by atoms with Gasteiger partial charge in [-0.3, -0.25) is 4.79 Å². The molecule has 3 nitrogen and oxygen atoms in total. The van der Waals surface area contributed by atoms with Crippen molar-refractivity contribution in [1.29, 1.82) is 0 Å². The minimum absolute atomic E-state index is 0.189. The van der Waals surface area contributed by atoms with Crippen LogP contribution < -0.4 is 10.6 Å². The Kier molecular flexibility index (Phi) is 3.53. The Morgan fingerprint density at radius 3 is 2.92 bits per heavy atom. The SMILES string of the molecule is CCNC(=O)[C@H]1CNC[C@@H](C)C1. The fourth-order valence-electron chi connectivity index (χ4n) is 1.67. The highest BCUT2D eigenvalue weighted by Gasteiger charge is 2.23. The van der Waals surface area contributed by atoms with Crippen LogP contribution in [0.3, 0.4) is 0 Å². The first-order chi connectivity index (χ1) is 5.74. The molecule has 1 fully saturated rings. The van der Waals surface area contributed by atoms with E-state index >= 15 is 0 Å². The van der Waals surface area contributed by atoms with Crippen LogP contribution in [0.15, 0.2) is 0 Å². The molecule has 1 aliphatic rings. The molecule has 0 aromatic carbocycles. The van der Waals surface area contributed by atoms with Gasteiger partial charge < -0.3 is 10.6 Å². The minimum Gasteiger partial charge on any atom is -0.356 e. The monoisotopic (exact) mass is 170 g/mol. The van der Waals surface area contributed by atoms with Gasteiger partial charge in [-0.1, -0.05) is 6.92 Å². The van der Waals surface area contributed by atoms with Gasteiger partial charge in [-0.25, -0.2) is 0 Å². The summed E-state index contributed by atoms with van der Waals surface area (Å²) in [6.45, 7) is 6.77. The number of rotatable bonds is 2. The van der Waals surface area contributed by atoms with Gasteiger partial charge in [-0.2, -0.15) is 0 Å². The van der Waals surface area contributed by atoms with Gasteiger partial charge in [0.15, 0.2) is 0 Å². The van der Waals surface area contributed by atoms with Crippen molar-refractivity contribution in [2.75, 3.05) is 19.6 Å². The molecule has 2 N–H and O–H groups in total. The van der Waals surface area contributed by atoms with Crippen molar-refractivity contribution in [1.82, 2.24) is 10.6 Å². The maximum atomic E-state index is 11.4. The van der Waals surface area contributed by atoms with Gasteiger partial charge in [-0.05, 0) is 25.8 Å². The predicted molar refractivity (Wildman–Crippen MR) is 48.8 cm³/mol. The molecule has 0 aromatic heterocycles. The van der Waals surface area contributed by atoms with Crippen molar-refractivity contribution in [2.24, 2.45) is 11.8 Å². The fraction of sp³-hybridized carbons (Fsp3) is 0.889. The molecule has 0 aliphatic carbocycles. The smallest absolute Gasteiger partial charge is 0.224 e. The quantitative estimate of drug-likeness (QED) is 0.628. The first-order valence-electron chi connectivity index (χ1n) is 4.72. The van der Waals surface area contributed by atoms with E-state index in [9.17, 15) is 4.79 Å². The molecule has 0 aromatic rings. The van der Waals surface area contributed by atoms with Gasteiger partial charge in [0.2, 0.25) is 5.91 Å². The molecule has 0 bridgehead atoms. The zero-order chi connectivity index (χ0) is 8.97. The molecule has 0 spiro atoms. The summed E-state index contributed by atoms with van der Waals surface area (Å²) in [4.78, 5) is 11.4. The second kappa shape index (κ2) is 4.45. The van der Waals surface area contributed by atoms with Crippen molar-refractivity contribution in [3.63, 3.8) is 0 Å². The van der Waals surface area contributed by atoms with E-state index in [0.717, 1.165) is 26.1 Å². The maximum absolute atomic E-state index is 11.4. The molecule has 1 rings (SSSR count). The Bertz CT molecular complexity index is 159. The molecule has 3 heteroatoms. The van der Waals surface area contributed by atoms with Crippen LogP contribution >= 0.6 is 0 Å².